The third kappa shape index (κ3) is 2.41. The van der Waals surface area contributed by atoms with Gasteiger partial charge in [0.05, 0.1) is 0 Å². The summed E-state index contributed by atoms with van der Waals surface area (Å²) in [6.07, 6.45) is 0. The van der Waals surface area contributed by atoms with E-state index in [9.17, 15) is 13.6 Å². The van der Waals surface area contributed by atoms with Gasteiger partial charge < -0.3 is 0 Å². The van der Waals surface area contributed by atoms with E-state index >= 15 is 0 Å². The fourth-order valence-electron chi connectivity index (χ4n) is 1.76. The van der Waals surface area contributed by atoms with Crippen molar-refractivity contribution in [1.82, 2.24) is 0 Å². The Balaban J connectivity index is 3.33. The van der Waals surface area contributed by atoms with E-state index in [1.807, 2.05) is 6.92 Å². The number of hydrogen-bond acceptors (Lipinski definition) is 1. The molecule has 15 heavy (non-hydrogen) atoms. The first-order valence-electron chi connectivity index (χ1n) is 4.74. The highest BCUT2D eigenvalue weighted by molar-refractivity contribution is 6.03. The lowest BCUT2D eigenvalue weighted by Gasteiger charge is -2.14. The van der Waals surface area contributed by atoms with Crippen LogP contribution in [0.5, 0.6) is 0 Å². The summed E-state index contributed by atoms with van der Waals surface area (Å²) in [4.78, 5) is 11.5. The third-order valence-electron chi connectivity index (χ3n) is 2.30. The Morgan fingerprint density at radius 1 is 1.13 bits per heavy atom. The van der Waals surface area contributed by atoms with Crippen LogP contribution in [0.2, 0.25) is 0 Å². The van der Waals surface area contributed by atoms with Crippen LogP contribution < -0.4 is 0 Å². The Morgan fingerprint density at radius 2 is 1.53 bits per heavy atom. The minimum Gasteiger partial charge on any atom is -0.287 e. The molecule has 0 bridgehead atoms. The second-order valence-corrected chi connectivity index (χ2v) is 3.99. The quantitative estimate of drug-likeness (QED) is 0.686. The van der Waals surface area contributed by atoms with Crippen molar-refractivity contribution in [2.24, 2.45) is 0 Å². The molecule has 0 fully saturated rings. The molecule has 3 heteroatoms. The summed E-state index contributed by atoms with van der Waals surface area (Å²) < 4.78 is 25.8. The topological polar surface area (TPSA) is 17.1 Å². The fraction of sp³-hybridized carbons (Fsp3) is 0.417. The van der Waals surface area contributed by atoms with Crippen LogP contribution in [0.15, 0.2) is 12.1 Å². The average molecular weight is 212 g/mol. The van der Waals surface area contributed by atoms with Gasteiger partial charge in [-0.1, -0.05) is 17.7 Å². The maximum Gasteiger partial charge on any atom is 0.307 e. The van der Waals surface area contributed by atoms with Crippen molar-refractivity contribution >= 4 is 5.78 Å². The van der Waals surface area contributed by atoms with E-state index in [4.69, 9.17) is 0 Å². The van der Waals surface area contributed by atoms with E-state index in [0.717, 1.165) is 5.56 Å². The van der Waals surface area contributed by atoms with Gasteiger partial charge in [0.25, 0.3) is 0 Å². The summed E-state index contributed by atoms with van der Waals surface area (Å²) in [5.41, 5.74) is 2.34. The Kier molecular flexibility index (Phi) is 2.93. The van der Waals surface area contributed by atoms with Crippen molar-refractivity contribution < 1.29 is 13.6 Å². The zero-order valence-corrected chi connectivity index (χ0v) is 9.32. The molecule has 0 aliphatic heterocycles. The van der Waals surface area contributed by atoms with Crippen molar-refractivity contribution in [2.75, 3.05) is 0 Å². The van der Waals surface area contributed by atoms with Gasteiger partial charge in [-0.15, -0.1) is 0 Å². The van der Waals surface area contributed by atoms with Gasteiger partial charge in [0.15, 0.2) is 0 Å². The fourth-order valence-corrected chi connectivity index (χ4v) is 1.76. The zero-order chi connectivity index (χ0) is 11.8. The summed E-state index contributed by atoms with van der Waals surface area (Å²) >= 11 is 0. The molecule has 0 spiro atoms. The molecule has 0 amide bonds. The summed E-state index contributed by atoms with van der Waals surface area (Å²) in [5, 5.41) is 0. The van der Waals surface area contributed by atoms with Crippen LogP contribution in [0.3, 0.4) is 0 Å². The van der Waals surface area contributed by atoms with Crippen LogP contribution in [0.4, 0.5) is 8.78 Å². The highest BCUT2D eigenvalue weighted by Gasteiger charge is 2.34. The van der Waals surface area contributed by atoms with Crippen molar-refractivity contribution in [1.29, 1.82) is 0 Å². The van der Waals surface area contributed by atoms with E-state index in [-0.39, 0.29) is 5.56 Å². The Morgan fingerprint density at radius 3 is 1.87 bits per heavy atom. The highest BCUT2D eigenvalue weighted by atomic mass is 19.3. The summed E-state index contributed by atoms with van der Waals surface area (Å²) in [6, 6.07) is 3.48. The van der Waals surface area contributed by atoms with Crippen molar-refractivity contribution in [3.8, 4) is 0 Å². The molecular weight excluding hydrogens is 198 g/mol. The predicted octanol–water partition coefficient (Wildman–Crippen LogP) is 3.45. The Labute approximate surface area is 88.1 Å². The molecule has 0 radical (unpaired) electrons. The first-order chi connectivity index (χ1) is 6.73. The number of Topliss-reactive ketones (excluding diaryl/α,β-unsaturated/α-hetero) is 1. The van der Waals surface area contributed by atoms with Crippen LogP contribution >= 0.6 is 0 Å². The SMILES string of the molecule is Cc1cc(C)c(C(=O)C(C)(F)F)c(C)c1. The van der Waals surface area contributed by atoms with Crippen LogP contribution in [-0.4, -0.2) is 11.7 Å². The monoisotopic (exact) mass is 212 g/mol. The normalized spacial score (nSPS) is 11.6. The molecule has 0 unspecified atom stereocenters. The molecule has 1 aromatic rings. The molecular formula is C12H14F2O. The zero-order valence-electron chi connectivity index (χ0n) is 9.32. The smallest absolute Gasteiger partial charge is 0.287 e. The van der Waals surface area contributed by atoms with E-state index in [0.29, 0.717) is 18.1 Å². The van der Waals surface area contributed by atoms with Gasteiger partial charge in [0.1, 0.15) is 0 Å². The van der Waals surface area contributed by atoms with Gasteiger partial charge in [-0.05, 0) is 31.9 Å². The summed E-state index contributed by atoms with van der Waals surface area (Å²) in [6.45, 7) is 5.87. The number of carbonyl (C=O) groups is 1. The molecule has 0 N–H and O–H groups in total. The molecule has 82 valence electrons. The van der Waals surface area contributed by atoms with E-state index < -0.39 is 11.7 Å². The van der Waals surface area contributed by atoms with Crippen LogP contribution in [0.1, 0.15) is 34.0 Å². The van der Waals surface area contributed by atoms with Gasteiger partial charge in [-0.2, -0.15) is 8.78 Å². The van der Waals surface area contributed by atoms with Crippen LogP contribution in [0.25, 0.3) is 0 Å². The Bertz CT molecular complexity index is 380. The van der Waals surface area contributed by atoms with Gasteiger partial charge in [0, 0.05) is 12.5 Å². The minimum absolute atomic E-state index is 0.146. The number of rotatable bonds is 2. The standard InChI is InChI=1S/C12H14F2O/c1-7-5-8(2)10(9(3)6-7)11(15)12(4,13)14/h5-6H,1-4H3. The van der Waals surface area contributed by atoms with Crippen molar-refractivity contribution in [3.63, 3.8) is 0 Å². The van der Waals surface area contributed by atoms with Crippen LogP contribution in [-0.2, 0) is 0 Å². The lowest BCUT2D eigenvalue weighted by molar-refractivity contribution is 0.0220. The molecule has 0 saturated heterocycles. The second-order valence-electron chi connectivity index (χ2n) is 3.99. The van der Waals surface area contributed by atoms with Crippen molar-refractivity contribution in [3.05, 3.63) is 34.4 Å². The molecule has 0 heterocycles. The van der Waals surface area contributed by atoms with E-state index in [2.05, 4.69) is 0 Å². The number of alkyl halides is 2. The first-order valence-corrected chi connectivity index (χ1v) is 4.74. The third-order valence-corrected chi connectivity index (χ3v) is 2.30. The highest BCUT2D eigenvalue weighted by Crippen LogP contribution is 2.25. The average Bonchev–Trinajstić information content (AvgIpc) is 1.99. The van der Waals surface area contributed by atoms with Crippen molar-refractivity contribution in [2.45, 2.75) is 33.6 Å². The number of carbonyl (C=O) groups excluding carboxylic acids is 1. The molecule has 0 aromatic heterocycles. The minimum atomic E-state index is -3.30. The molecule has 0 saturated carbocycles. The predicted molar refractivity (Wildman–Crippen MR) is 55.6 cm³/mol. The van der Waals surface area contributed by atoms with Gasteiger partial charge >= 0.3 is 5.92 Å². The summed E-state index contributed by atoms with van der Waals surface area (Å²) in [7, 11) is 0. The van der Waals surface area contributed by atoms with Gasteiger partial charge in [0.2, 0.25) is 5.78 Å². The van der Waals surface area contributed by atoms with Gasteiger partial charge in [-0.3, -0.25) is 4.79 Å². The molecule has 1 aromatic carbocycles. The maximum absolute atomic E-state index is 12.9. The molecule has 0 aliphatic rings. The maximum atomic E-state index is 12.9. The second kappa shape index (κ2) is 3.72. The number of aryl methyl sites for hydroxylation is 3. The van der Waals surface area contributed by atoms with E-state index in [1.54, 1.807) is 26.0 Å². The van der Waals surface area contributed by atoms with E-state index in [1.165, 1.54) is 0 Å². The largest absolute Gasteiger partial charge is 0.307 e. The first kappa shape index (κ1) is 11.8. The van der Waals surface area contributed by atoms with Crippen LogP contribution in [0, 0.1) is 20.8 Å². The number of hydrogen-bond donors (Lipinski definition) is 0. The lowest BCUT2D eigenvalue weighted by atomic mass is 9.94. The molecule has 1 nitrogen and oxygen atoms in total. The number of ketones is 1. The summed E-state index contributed by atoms with van der Waals surface area (Å²) in [5.74, 6) is -4.40. The lowest BCUT2D eigenvalue weighted by Crippen LogP contribution is -2.26. The Hall–Kier alpha value is -1.25. The number of halogens is 2. The van der Waals surface area contributed by atoms with Gasteiger partial charge in [-0.25, -0.2) is 0 Å². The molecule has 0 atom stereocenters. The molecule has 1 rings (SSSR count). The number of benzene rings is 1. The molecule has 0 aliphatic carbocycles.